The molecule has 0 aliphatic heterocycles. The summed E-state index contributed by atoms with van der Waals surface area (Å²) in [6.45, 7) is 0. The lowest BCUT2D eigenvalue weighted by atomic mass is 10.1. The summed E-state index contributed by atoms with van der Waals surface area (Å²) in [5, 5.41) is 3.41. The lowest BCUT2D eigenvalue weighted by Crippen LogP contribution is -2.15. The largest absolute Gasteiger partial charge is 0.465 e. The topological polar surface area (TPSA) is 68.5 Å². The molecular weight excluding hydrogens is 366 g/mol. The lowest BCUT2D eigenvalue weighted by Gasteiger charge is -2.09. The summed E-state index contributed by atoms with van der Waals surface area (Å²) in [4.78, 5) is 24.0. The summed E-state index contributed by atoms with van der Waals surface area (Å²) in [5.41, 5.74) is 1.66. The van der Waals surface area contributed by atoms with Crippen LogP contribution in [-0.2, 0) is 16.0 Å². The van der Waals surface area contributed by atoms with E-state index in [0.29, 0.717) is 28.5 Å². The fourth-order valence-corrected chi connectivity index (χ4v) is 2.74. The molecule has 0 atom stereocenters. The number of aryl methyl sites for hydroxylation is 1. The fraction of sp³-hybridized carbons (Fsp3) is 0.143. The van der Waals surface area contributed by atoms with Crippen molar-refractivity contribution in [2.75, 3.05) is 12.4 Å². The number of nitrogens with one attached hydrogen (secondary N) is 1. The van der Waals surface area contributed by atoms with Gasteiger partial charge in [-0.05, 0) is 48.5 Å². The van der Waals surface area contributed by atoms with E-state index in [1.54, 1.807) is 36.4 Å². The van der Waals surface area contributed by atoms with Crippen molar-refractivity contribution in [3.8, 4) is 11.3 Å². The maximum absolute atomic E-state index is 12.2. The Bertz CT molecular complexity index is 947. The Balaban J connectivity index is 1.60. The van der Waals surface area contributed by atoms with Gasteiger partial charge in [0.2, 0.25) is 5.91 Å². The summed E-state index contributed by atoms with van der Waals surface area (Å²) in [6, 6.07) is 17.8. The first-order valence-electron chi connectivity index (χ1n) is 8.38. The van der Waals surface area contributed by atoms with E-state index in [0.717, 1.165) is 11.3 Å². The zero-order chi connectivity index (χ0) is 19.2. The number of esters is 1. The van der Waals surface area contributed by atoms with Crippen molar-refractivity contribution >= 4 is 29.2 Å². The van der Waals surface area contributed by atoms with Crippen LogP contribution in [0.25, 0.3) is 11.3 Å². The van der Waals surface area contributed by atoms with E-state index in [4.69, 9.17) is 20.8 Å². The number of amides is 1. The number of furan rings is 1. The Hall–Kier alpha value is -3.05. The van der Waals surface area contributed by atoms with Gasteiger partial charge in [0.05, 0.1) is 18.4 Å². The summed E-state index contributed by atoms with van der Waals surface area (Å²) in [7, 11) is 1.30. The molecule has 1 amide bonds. The molecule has 27 heavy (non-hydrogen) atoms. The van der Waals surface area contributed by atoms with Crippen molar-refractivity contribution in [3.05, 3.63) is 77.0 Å². The number of para-hydroxylation sites is 1. The van der Waals surface area contributed by atoms with Crippen LogP contribution in [0.3, 0.4) is 0 Å². The van der Waals surface area contributed by atoms with Crippen LogP contribution < -0.4 is 5.32 Å². The highest BCUT2D eigenvalue weighted by Gasteiger charge is 2.14. The third kappa shape index (κ3) is 4.77. The van der Waals surface area contributed by atoms with Crippen molar-refractivity contribution in [1.82, 2.24) is 0 Å². The molecule has 1 N–H and O–H groups in total. The van der Waals surface area contributed by atoms with Gasteiger partial charge in [0.15, 0.2) is 0 Å². The third-order valence-electron chi connectivity index (χ3n) is 4.00. The summed E-state index contributed by atoms with van der Waals surface area (Å²) < 4.78 is 10.5. The zero-order valence-corrected chi connectivity index (χ0v) is 15.5. The van der Waals surface area contributed by atoms with Gasteiger partial charge in [-0.1, -0.05) is 23.7 Å². The van der Waals surface area contributed by atoms with Crippen LogP contribution in [0, 0.1) is 0 Å². The highest BCUT2D eigenvalue weighted by Crippen LogP contribution is 2.24. The van der Waals surface area contributed by atoms with E-state index in [1.165, 1.54) is 7.11 Å². The average molecular weight is 384 g/mol. The van der Waals surface area contributed by atoms with Crippen LogP contribution >= 0.6 is 11.6 Å². The molecular formula is C21H18ClNO4. The first kappa shape index (κ1) is 18.7. The Morgan fingerprint density at radius 1 is 1.04 bits per heavy atom. The van der Waals surface area contributed by atoms with Gasteiger partial charge < -0.3 is 14.5 Å². The van der Waals surface area contributed by atoms with E-state index >= 15 is 0 Å². The molecule has 3 rings (SSSR count). The number of rotatable bonds is 6. The first-order valence-corrected chi connectivity index (χ1v) is 8.76. The number of hydrogen-bond acceptors (Lipinski definition) is 4. The third-order valence-corrected chi connectivity index (χ3v) is 4.25. The lowest BCUT2D eigenvalue weighted by molar-refractivity contribution is -0.116. The molecule has 0 aliphatic carbocycles. The quantitative estimate of drug-likeness (QED) is 0.611. The second-order valence-corrected chi connectivity index (χ2v) is 6.29. The predicted octanol–water partition coefficient (Wildman–Crippen LogP) is 4.96. The van der Waals surface area contributed by atoms with Gasteiger partial charge in [0.1, 0.15) is 11.5 Å². The van der Waals surface area contributed by atoms with Gasteiger partial charge in [-0.25, -0.2) is 4.79 Å². The molecule has 0 bridgehead atoms. The number of anilines is 1. The second-order valence-electron chi connectivity index (χ2n) is 5.86. The van der Waals surface area contributed by atoms with Crippen LogP contribution in [-0.4, -0.2) is 19.0 Å². The van der Waals surface area contributed by atoms with Crippen molar-refractivity contribution < 1.29 is 18.7 Å². The van der Waals surface area contributed by atoms with Crippen LogP contribution in [0.5, 0.6) is 0 Å². The van der Waals surface area contributed by atoms with Crippen LogP contribution in [0.4, 0.5) is 5.69 Å². The van der Waals surface area contributed by atoms with E-state index in [-0.39, 0.29) is 12.3 Å². The Labute approximate surface area is 161 Å². The average Bonchev–Trinajstić information content (AvgIpc) is 3.16. The van der Waals surface area contributed by atoms with E-state index < -0.39 is 5.97 Å². The molecule has 138 valence electrons. The summed E-state index contributed by atoms with van der Waals surface area (Å²) in [6.07, 6.45) is 0.670. The van der Waals surface area contributed by atoms with Crippen LogP contribution in [0.2, 0.25) is 5.02 Å². The monoisotopic (exact) mass is 383 g/mol. The molecule has 0 radical (unpaired) electrons. The Morgan fingerprint density at radius 3 is 2.52 bits per heavy atom. The number of ether oxygens (including phenoxy) is 1. The molecule has 0 aliphatic rings. The molecule has 0 spiro atoms. The van der Waals surface area contributed by atoms with E-state index in [9.17, 15) is 9.59 Å². The van der Waals surface area contributed by atoms with Crippen molar-refractivity contribution in [2.45, 2.75) is 12.8 Å². The minimum atomic E-state index is -0.496. The van der Waals surface area contributed by atoms with E-state index in [1.807, 2.05) is 24.3 Å². The number of carbonyl (C=O) groups is 2. The highest BCUT2D eigenvalue weighted by atomic mass is 35.5. The zero-order valence-electron chi connectivity index (χ0n) is 14.7. The number of carbonyl (C=O) groups excluding carboxylic acids is 2. The smallest absolute Gasteiger partial charge is 0.339 e. The maximum atomic E-state index is 12.2. The molecule has 0 saturated heterocycles. The van der Waals surface area contributed by atoms with Gasteiger partial charge in [0.25, 0.3) is 0 Å². The van der Waals surface area contributed by atoms with Crippen molar-refractivity contribution in [3.63, 3.8) is 0 Å². The van der Waals surface area contributed by atoms with Crippen molar-refractivity contribution in [1.29, 1.82) is 0 Å². The number of hydrogen-bond donors (Lipinski definition) is 1. The minimum absolute atomic E-state index is 0.212. The van der Waals surface area contributed by atoms with Crippen molar-refractivity contribution in [2.24, 2.45) is 0 Å². The number of methoxy groups -OCH3 is 1. The van der Waals surface area contributed by atoms with E-state index in [2.05, 4.69) is 5.32 Å². The van der Waals surface area contributed by atoms with Gasteiger partial charge in [-0.3, -0.25) is 4.79 Å². The molecule has 0 unspecified atom stereocenters. The van der Waals surface area contributed by atoms with Gasteiger partial charge >= 0.3 is 5.97 Å². The van der Waals surface area contributed by atoms with Gasteiger partial charge in [0, 0.05) is 23.4 Å². The molecule has 2 aromatic carbocycles. The molecule has 5 nitrogen and oxygen atoms in total. The predicted molar refractivity (Wildman–Crippen MR) is 104 cm³/mol. The number of halogens is 1. The first-order chi connectivity index (χ1) is 13.1. The molecule has 3 aromatic rings. The SMILES string of the molecule is COC(=O)c1ccccc1NC(=O)CCc1ccc(-c2ccc(Cl)cc2)o1. The van der Waals surface area contributed by atoms with Crippen LogP contribution in [0.15, 0.2) is 65.1 Å². The highest BCUT2D eigenvalue weighted by molar-refractivity contribution is 6.30. The molecule has 0 fully saturated rings. The number of benzene rings is 2. The summed E-state index contributed by atoms with van der Waals surface area (Å²) >= 11 is 5.89. The standard InChI is InChI=1S/C21H18ClNO4/c1-26-21(25)17-4-2-3-5-18(17)23-20(24)13-11-16-10-12-19(27-16)14-6-8-15(22)9-7-14/h2-10,12H,11,13H2,1H3,(H,23,24). The minimum Gasteiger partial charge on any atom is -0.465 e. The molecule has 6 heteroatoms. The van der Waals surface area contributed by atoms with Gasteiger partial charge in [-0.15, -0.1) is 0 Å². The Kier molecular flexibility index (Phi) is 5.94. The molecule has 1 heterocycles. The fourth-order valence-electron chi connectivity index (χ4n) is 2.61. The normalized spacial score (nSPS) is 10.4. The van der Waals surface area contributed by atoms with Crippen LogP contribution in [0.1, 0.15) is 22.5 Å². The van der Waals surface area contributed by atoms with Gasteiger partial charge in [-0.2, -0.15) is 0 Å². The maximum Gasteiger partial charge on any atom is 0.339 e. The summed E-state index contributed by atoms with van der Waals surface area (Å²) in [5.74, 6) is 0.717. The molecule has 0 saturated carbocycles. The molecule has 1 aromatic heterocycles. The Morgan fingerprint density at radius 2 is 1.78 bits per heavy atom. The second kappa shape index (κ2) is 8.56.